The van der Waals surface area contributed by atoms with Gasteiger partial charge >= 0.3 is 0 Å². The fraction of sp³-hybridized carbons (Fsp3) is 0.214. The Hall–Kier alpha value is -1.75. The quantitative estimate of drug-likeness (QED) is 0.837. The fourth-order valence-electron chi connectivity index (χ4n) is 1.75. The SMILES string of the molecule is CCN(Cc1ccc(F)c(F)c1)C(=O)c1ccsc1. The molecule has 0 atom stereocenters. The molecule has 2 aromatic rings. The van der Waals surface area contributed by atoms with E-state index in [4.69, 9.17) is 0 Å². The van der Waals surface area contributed by atoms with E-state index in [1.807, 2.05) is 12.3 Å². The van der Waals surface area contributed by atoms with Gasteiger partial charge in [0.05, 0.1) is 5.56 Å². The lowest BCUT2D eigenvalue weighted by Crippen LogP contribution is -2.30. The molecule has 1 heterocycles. The number of rotatable bonds is 4. The number of nitrogens with zero attached hydrogens (tertiary/aromatic N) is 1. The Morgan fingerprint density at radius 1 is 1.26 bits per heavy atom. The highest BCUT2D eigenvalue weighted by Crippen LogP contribution is 2.14. The van der Waals surface area contributed by atoms with Crippen LogP contribution in [0.15, 0.2) is 35.0 Å². The van der Waals surface area contributed by atoms with Gasteiger partial charge in [-0.05, 0) is 36.1 Å². The van der Waals surface area contributed by atoms with E-state index < -0.39 is 11.6 Å². The van der Waals surface area contributed by atoms with Crippen LogP contribution in [-0.4, -0.2) is 17.4 Å². The summed E-state index contributed by atoms with van der Waals surface area (Å²) in [5.74, 6) is -1.87. The molecule has 5 heteroatoms. The smallest absolute Gasteiger partial charge is 0.254 e. The Morgan fingerprint density at radius 2 is 2.05 bits per heavy atom. The van der Waals surface area contributed by atoms with Crippen molar-refractivity contribution in [3.8, 4) is 0 Å². The molecule has 100 valence electrons. The molecule has 0 spiro atoms. The van der Waals surface area contributed by atoms with Gasteiger partial charge in [-0.1, -0.05) is 6.07 Å². The van der Waals surface area contributed by atoms with E-state index in [0.29, 0.717) is 17.7 Å². The molecular weight excluding hydrogens is 268 g/mol. The van der Waals surface area contributed by atoms with Gasteiger partial charge in [-0.15, -0.1) is 0 Å². The third kappa shape index (κ3) is 3.17. The summed E-state index contributed by atoms with van der Waals surface area (Å²) in [6.07, 6.45) is 0. The predicted molar refractivity (Wildman–Crippen MR) is 71.1 cm³/mol. The van der Waals surface area contributed by atoms with E-state index in [2.05, 4.69) is 0 Å². The molecule has 0 aliphatic rings. The fourth-order valence-corrected chi connectivity index (χ4v) is 2.38. The molecule has 0 saturated heterocycles. The first-order chi connectivity index (χ1) is 9.11. The molecule has 1 aromatic carbocycles. The largest absolute Gasteiger partial charge is 0.335 e. The van der Waals surface area contributed by atoms with Gasteiger partial charge in [-0.2, -0.15) is 11.3 Å². The molecule has 0 aliphatic carbocycles. The van der Waals surface area contributed by atoms with Gasteiger partial charge in [-0.3, -0.25) is 4.79 Å². The van der Waals surface area contributed by atoms with Crippen molar-refractivity contribution < 1.29 is 13.6 Å². The van der Waals surface area contributed by atoms with Gasteiger partial charge in [0.1, 0.15) is 0 Å². The first-order valence-electron chi connectivity index (χ1n) is 5.87. The van der Waals surface area contributed by atoms with E-state index in [0.717, 1.165) is 12.1 Å². The molecule has 0 bridgehead atoms. The average molecular weight is 281 g/mol. The average Bonchev–Trinajstić information content (AvgIpc) is 2.93. The molecule has 0 saturated carbocycles. The molecule has 1 aromatic heterocycles. The molecule has 2 rings (SSSR count). The maximum Gasteiger partial charge on any atom is 0.254 e. The van der Waals surface area contributed by atoms with Gasteiger partial charge in [-0.25, -0.2) is 8.78 Å². The monoisotopic (exact) mass is 281 g/mol. The van der Waals surface area contributed by atoms with Crippen LogP contribution in [0.3, 0.4) is 0 Å². The highest BCUT2D eigenvalue weighted by Gasteiger charge is 2.15. The van der Waals surface area contributed by atoms with Crippen molar-refractivity contribution in [2.45, 2.75) is 13.5 Å². The summed E-state index contributed by atoms with van der Waals surface area (Å²) in [6.45, 7) is 2.63. The molecule has 2 nitrogen and oxygen atoms in total. The van der Waals surface area contributed by atoms with Gasteiger partial charge in [0.2, 0.25) is 0 Å². The van der Waals surface area contributed by atoms with Gasteiger partial charge in [0, 0.05) is 18.5 Å². The number of thiophene rings is 1. The molecule has 1 amide bonds. The number of carbonyl (C=O) groups is 1. The lowest BCUT2D eigenvalue weighted by molar-refractivity contribution is 0.0753. The third-order valence-electron chi connectivity index (χ3n) is 2.79. The second-order valence-corrected chi connectivity index (χ2v) is 4.86. The van der Waals surface area contributed by atoms with Crippen molar-refractivity contribution in [1.82, 2.24) is 4.90 Å². The first kappa shape index (κ1) is 13.7. The second-order valence-electron chi connectivity index (χ2n) is 4.08. The van der Waals surface area contributed by atoms with Crippen molar-refractivity contribution >= 4 is 17.2 Å². The van der Waals surface area contributed by atoms with E-state index >= 15 is 0 Å². The second kappa shape index (κ2) is 5.93. The summed E-state index contributed by atoms with van der Waals surface area (Å²) in [7, 11) is 0. The van der Waals surface area contributed by atoms with Crippen molar-refractivity contribution in [1.29, 1.82) is 0 Å². The van der Waals surface area contributed by atoms with Crippen LogP contribution in [0.5, 0.6) is 0 Å². The number of hydrogen-bond acceptors (Lipinski definition) is 2. The van der Waals surface area contributed by atoms with Crippen molar-refractivity contribution in [2.75, 3.05) is 6.54 Å². The van der Waals surface area contributed by atoms with Crippen molar-refractivity contribution in [3.05, 3.63) is 57.8 Å². The molecule has 0 unspecified atom stereocenters. The van der Waals surface area contributed by atoms with Crippen LogP contribution >= 0.6 is 11.3 Å². The maximum absolute atomic E-state index is 13.1. The Morgan fingerprint density at radius 3 is 2.63 bits per heavy atom. The van der Waals surface area contributed by atoms with Gasteiger partial charge < -0.3 is 4.90 Å². The number of halogens is 2. The number of carbonyl (C=O) groups excluding carboxylic acids is 1. The predicted octanol–water partition coefficient (Wildman–Crippen LogP) is 3.69. The minimum atomic E-state index is -0.892. The number of hydrogen-bond donors (Lipinski definition) is 0. The van der Waals surface area contributed by atoms with Crippen molar-refractivity contribution in [2.24, 2.45) is 0 Å². The number of amides is 1. The zero-order valence-corrected chi connectivity index (χ0v) is 11.2. The highest BCUT2D eigenvalue weighted by molar-refractivity contribution is 7.08. The van der Waals surface area contributed by atoms with Gasteiger partial charge in [0.15, 0.2) is 11.6 Å². The molecule has 0 aliphatic heterocycles. The highest BCUT2D eigenvalue weighted by atomic mass is 32.1. The van der Waals surface area contributed by atoms with Crippen LogP contribution in [0.1, 0.15) is 22.8 Å². The minimum absolute atomic E-state index is 0.103. The summed E-state index contributed by atoms with van der Waals surface area (Å²) in [4.78, 5) is 13.8. The Balaban J connectivity index is 2.15. The first-order valence-corrected chi connectivity index (χ1v) is 6.81. The maximum atomic E-state index is 13.1. The lowest BCUT2D eigenvalue weighted by Gasteiger charge is -2.20. The number of benzene rings is 1. The topological polar surface area (TPSA) is 20.3 Å². The van der Waals surface area contributed by atoms with Crippen LogP contribution in [0.4, 0.5) is 8.78 Å². The van der Waals surface area contributed by atoms with Crippen LogP contribution in [0.25, 0.3) is 0 Å². The zero-order valence-electron chi connectivity index (χ0n) is 10.4. The molecule has 0 N–H and O–H groups in total. The Bertz CT molecular complexity index is 569. The summed E-state index contributed by atoms with van der Waals surface area (Å²) >= 11 is 1.45. The summed E-state index contributed by atoms with van der Waals surface area (Å²) < 4.78 is 26.0. The van der Waals surface area contributed by atoms with Crippen LogP contribution in [0, 0.1) is 11.6 Å². The normalized spacial score (nSPS) is 10.5. The summed E-state index contributed by atoms with van der Waals surface area (Å²) in [5, 5.41) is 3.61. The van der Waals surface area contributed by atoms with Crippen molar-refractivity contribution in [3.63, 3.8) is 0 Å². The van der Waals surface area contributed by atoms with Crippen LogP contribution in [0.2, 0.25) is 0 Å². The lowest BCUT2D eigenvalue weighted by atomic mass is 10.2. The summed E-state index contributed by atoms with van der Waals surface area (Å²) in [5.41, 5.74) is 1.19. The van der Waals surface area contributed by atoms with E-state index in [1.165, 1.54) is 17.4 Å². The molecule has 0 fully saturated rings. The van der Waals surface area contributed by atoms with E-state index in [-0.39, 0.29) is 12.5 Å². The van der Waals surface area contributed by atoms with Gasteiger partial charge in [0.25, 0.3) is 5.91 Å². The molecule has 0 radical (unpaired) electrons. The Kier molecular flexibility index (Phi) is 4.27. The zero-order chi connectivity index (χ0) is 13.8. The van der Waals surface area contributed by atoms with Crippen LogP contribution < -0.4 is 0 Å². The van der Waals surface area contributed by atoms with Crippen LogP contribution in [-0.2, 0) is 6.54 Å². The Labute approximate surface area is 114 Å². The van der Waals surface area contributed by atoms with E-state index in [1.54, 1.807) is 16.3 Å². The molecule has 19 heavy (non-hydrogen) atoms. The minimum Gasteiger partial charge on any atom is -0.335 e. The standard InChI is InChI=1S/C14H13F2NOS/c1-2-17(14(18)11-5-6-19-9-11)8-10-3-4-12(15)13(16)7-10/h3-7,9H,2,8H2,1H3. The molecular formula is C14H13F2NOS. The van der Waals surface area contributed by atoms with E-state index in [9.17, 15) is 13.6 Å². The third-order valence-corrected chi connectivity index (χ3v) is 3.48. The summed E-state index contributed by atoms with van der Waals surface area (Å²) in [6, 6.07) is 5.44.